The highest BCUT2D eigenvalue weighted by atomic mass is 16.6. The van der Waals surface area contributed by atoms with Crippen LogP contribution in [-0.4, -0.2) is 54.6 Å². The smallest absolute Gasteiger partial charge is 0.353 e. The molecule has 0 bridgehead atoms. The molecule has 0 saturated heterocycles. The molecule has 2 rings (SSSR count). The van der Waals surface area contributed by atoms with Crippen molar-refractivity contribution >= 4 is 34.9 Å². The average Bonchev–Trinajstić information content (AvgIpc) is 2.75. The summed E-state index contributed by atoms with van der Waals surface area (Å²) >= 11 is 0. The lowest BCUT2D eigenvalue weighted by atomic mass is 10.1. The average molecular weight is 417 g/mol. The van der Waals surface area contributed by atoms with E-state index in [1.165, 1.54) is 38.7 Å². The molecule has 0 saturated carbocycles. The van der Waals surface area contributed by atoms with Crippen molar-refractivity contribution in [1.82, 2.24) is 9.97 Å². The molecule has 0 aliphatic carbocycles. The number of carbonyl (C=O) groups excluding carboxylic acids is 2. The summed E-state index contributed by atoms with van der Waals surface area (Å²) in [6.45, 7) is 2.60. The van der Waals surface area contributed by atoms with E-state index >= 15 is 0 Å². The predicted octanol–water partition coefficient (Wildman–Crippen LogP) is 2.94. The summed E-state index contributed by atoms with van der Waals surface area (Å²) in [6.07, 6.45) is 2.97. The molecule has 1 aromatic carbocycles. The third-order valence-electron chi connectivity index (χ3n) is 4.23. The van der Waals surface area contributed by atoms with Crippen molar-refractivity contribution in [3.05, 3.63) is 45.8 Å². The highest BCUT2D eigenvalue weighted by molar-refractivity contribution is 5.97. The zero-order valence-corrected chi connectivity index (χ0v) is 17.2. The second kappa shape index (κ2) is 10.1. The van der Waals surface area contributed by atoms with E-state index in [9.17, 15) is 19.7 Å². The van der Waals surface area contributed by atoms with Crippen molar-refractivity contribution in [1.29, 1.82) is 0 Å². The minimum absolute atomic E-state index is 0.0693. The van der Waals surface area contributed by atoms with E-state index in [1.807, 2.05) is 6.92 Å². The van der Waals surface area contributed by atoms with Crippen LogP contribution in [0.2, 0.25) is 0 Å². The van der Waals surface area contributed by atoms with Gasteiger partial charge < -0.3 is 19.7 Å². The number of esters is 2. The monoisotopic (exact) mass is 417 g/mol. The quantitative estimate of drug-likeness (QED) is 0.368. The standard InChI is InChI=1S/C19H23N5O6/c1-5-6-7-23(2)17-15(24(27)28)16(20-11-21-17)22-14-9-12(18(25)29-3)8-13(10-14)19(26)30-4/h8-11H,5-7H2,1-4H3,(H,20,21,22). The number of anilines is 3. The van der Waals surface area contributed by atoms with Gasteiger partial charge in [-0.3, -0.25) is 10.1 Å². The summed E-state index contributed by atoms with van der Waals surface area (Å²) in [5.41, 5.74) is 0.0428. The van der Waals surface area contributed by atoms with Gasteiger partial charge in [0.05, 0.1) is 30.3 Å². The molecule has 0 atom stereocenters. The molecule has 2 aromatic rings. The Hall–Kier alpha value is -3.76. The van der Waals surface area contributed by atoms with E-state index in [2.05, 4.69) is 15.3 Å². The van der Waals surface area contributed by atoms with Crippen LogP contribution < -0.4 is 10.2 Å². The lowest BCUT2D eigenvalue weighted by molar-refractivity contribution is -0.383. The molecular weight excluding hydrogens is 394 g/mol. The lowest BCUT2D eigenvalue weighted by Gasteiger charge is -2.18. The maximum absolute atomic E-state index is 12.0. The van der Waals surface area contributed by atoms with Gasteiger partial charge in [0.25, 0.3) is 0 Å². The van der Waals surface area contributed by atoms with Gasteiger partial charge in [0, 0.05) is 19.3 Å². The van der Waals surface area contributed by atoms with Crippen LogP contribution in [0.4, 0.5) is 23.0 Å². The Morgan fingerprint density at radius 3 is 2.23 bits per heavy atom. The molecule has 0 amide bonds. The maximum Gasteiger partial charge on any atom is 0.353 e. The van der Waals surface area contributed by atoms with E-state index in [1.54, 1.807) is 11.9 Å². The first-order valence-corrected chi connectivity index (χ1v) is 9.11. The Balaban J connectivity index is 2.52. The summed E-state index contributed by atoms with van der Waals surface area (Å²) in [6, 6.07) is 4.09. The number of methoxy groups -OCH3 is 2. The van der Waals surface area contributed by atoms with Crippen LogP contribution >= 0.6 is 0 Å². The van der Waals surface area contributed by atoms with Gasteiger partial charge in [-0.25, -0.2) is 19.6 Å². The highest BCUT2D eigenvalue weighted by Crippen LogP contribution is 2.33. The third kappa shape index (κ3) is 5.19. The fourth-order valence-electron chi connectivity index (χ4n) is 2.72. The van der Waals surface area contributed by atoms with Crippen LogP contribution in [0.25, 0.3) is 0 Å². The topological polar surface area (TPSA) is 137 Å². The minimum atomic E-state index is -0.680. The molecule has 30 heavy (non-hydrogen) atoms. The molecule has 0 spiro atoms. The number of benzene rings is 1. The predicted molar refractivity (Wildman–Crippen MR) is 109 cm³/mol. The van der Waals surface area contributed by atoms with Gasteiger partial charge in [0.1, 0.15) is 6.33 Å². The van der Waals surface area contributed by atoms with Crippen molar-refractivity contribution in [2.45, 2.75) is 19.8 Å². The first-order chi connectivity index (χ1) is 14.3. The maximum atomic E-state index is 12.0. The second-order valence-corrected chi connectivity index (χ2v) is 6.33. The van der Waals surface area contributed by atoms with Crippen molar-refractivity contribution in [3.63, 3.8) is 0 Å². The summed E-state index contributed by atoms with van der Waals surface area (Å²) in [4.78, 5) is 44.8. The molecule has 0 aliphatic heterocycles. The molecule has 0 aliphatic rings. The molecule has 160 valence electrons. The summed E-state index contributed by atoms with van der Waals surface area (Å²) < 4.78 is 9.40. The van der Waals surface area contributed by atoms with Crippen molar-refractivity contribution in [3.8, 4) is 0 Å². The van der Waals surface area contributed by atoms with Crippen LogP contribution in [0.3, 0.4) is 0 Å². The Morgan fingerprint density at radius 2 is 1.73 bits per heavy atom. The van der Waals surface area contributed by atoms with Gasteiger partial charge in [-0.05, 0) is 24.6 Å². The molecular formula is C19H23N5O6. The number of aromatic nitrogens is 2. The van der Waals surface area contributed by atoms with Gasteiger partial charge in [0.2, 0.25) is 11.6 Å². The number of nitro groups is 1. The fourth-order valence-corrected chi connectivity index (χ4v) is 2.72. The van der Waals surface area contributed by atoms with Gasteiger partial charge >= 0.3 is 17.6 Å². The number of carbonyl (C=O) groups is 2. The SMILES string of the molecule is CCCCN(C)c1ncnc(Nc2cc(C(=O)OC)cc(C(=O)OC)c2)c1[N+](=O)[O-]. The first-order valence-electron chi connectivity index (χ1n) is 9.11. The van der Waals surface area contributed by atoms with Crippen LogP contribution in [-0.2, 0) is 9.47 Å². The number of ether oxygens (including phenoxy) is 2. The van der Waals surface area contributed by atoms with E-state index in [0.29, 0.717) is 6.54 Å². The van der Waals surface area contributed by atoms with Gasteiger partial charge in [-0.15, -0.1) is 0 Å². The normalized spacial score (nSPS) is 10.3. The second-order valence-electron chi connectivity index (χ2n) is 6.33. The van der Waals surface area contributed by atoms with Crippen molar-refractivity contribution in [2.75, 3.05) is 38.0 Å². The first kappa shape index (κ1) is 22.5. The minimum Gasteiger partial charge on any atom is -0.465 e. The molecule has 1 N–H and O–H groups in total. The Kier molecular flexibility index (Phi) is 7.62. The van der Waals surface area contributed by atoms with Crippen LogP contribution in [0.1, 0.15) is 40.5 Å². The molecule has 0 unspecified atom stereocenters. The Labute approximate surface area is 173 Å². The lowest BCUT2D eigenvalue weighted by Crippen LogP contribution is -2.21. The number of nitrogens with zero attached hydrogens (tertiary/aromatic N) is 4. The van der Waals surface area contributed by atoms with Gasteiger partial charge in [-0.2, -0.15) is 0 Å². The Morgan fingerprint density at radius 1 is 1.13 bits per heavy atom. The highest BCUT2D eigenvalue weighted by Gasteiger charge is 2.26. The number of unbranched alkanes of at least 4 members (excludes halogenated alkanes) is 1. The summed E-state index contributed by atoms with van der Waals surface area (Å²) in [5, 5.41) is 14.6. The molecule has 0 fully saturated rings. The van der Waals surface area contributed by atoms with Gasteiger partial charge in [-0.1, -0.05) is 13.3 Å². The zero-order chi connectivity index (χ0) is 22.3. The van der Waals surface area contributed by atoms with E-state index < -0.39 is 16.9 Å². The molecule has 11 heteroatoms. The molecule has 11 nitrogen and oxygen atoms in total. The number of hydrogen-bond acceptors (Lipinski definition) is 10. The molecule has 1 aromatic heterocycles. The zero-order valence-electron chi connectivity index (χ0n) is 17.2. The van der Waals surface area contributed by atoms with Crippen LogP contribution in [0, 0.1) is 10.1 Å². The number of rotatable bonds is 9. The van der Waals surface area contributed by atoms with E-state index in [0.717, 1.165) is 12.8 Å². The third-order valence-corrected chi connectivity index (χ3v) is 4.23. The number of hydrogen-bond donors (Lipinski definition) is 1. The van der Waals surface area contributed by atoms with E-state index in [4.69, 9.17) is 9.47 Å². The number of nitrogens with one attached hydrogen (secondary N) is 1. The van der Waals surface area contributed by atoms with E-state index in [-0.39, 0.29) is 34.1 Å². The van der Waals surface area contributed by atoms with Crippen molar-refractivity contribution in [2.24, 2.45) is 0 Å². The molecule has 1 heterocycles. The Bertz CT molecular complexity index is 915. The molecule has 0 radical (unpaired) electrons. The van der Waals surface area contributed by atoms with Crippen LogP contribution in [0.15, 0.2) is 24.5 Å². The van der Waals surface area contributed by atoms with Crippen LogP contribution in [0.5, 0.6) is 0 Å². The summed E-state index contributed by atoms with van der Waals surface area (Å²) in [5.74, 6) is -1.28. The fraction of sp³-hybridized carbons (Fsp3) is 0.368. The largest absolute Gasteiger partial charge is 0.465 e. The van der Waals surface area contributed by atoms with Gasteiger partial charge in [0.15, 0.2) is 0 Å². The summed E-state index contributed by atoms with van der Waals surface area (Å²) in [7, 11) is 4.11. The van der Waals surface area contributed by atoms with Crippen molar-refractivity contribution < 1.29 is 24.0 Å².